The fourth-order valence-electron chi connectivity index (χ4n) is 1.99. The number of ether oxygens (including phenoxy) is 1. The highest BCUT2D eigenvalue weighted by Gasteiger charge is 2.25. The maximum atomic E-state index is 12.2. The lowest BCUT2D eigenvalue weighted by Crippen LogP contribution is -2.52. The first-order valence-electron chi connectivity index (χ1n) is 6.91. The second-order valence-electron chi connectivity index (χ2n) is 4.51. The lowest BCUT2D eigenvalue weighted by Gasteiger charge is -2.31. The number of nitrogens with one attached hydrogen (secondary N) is 1. The van der Waals surface area contributed by atoms with Crippen molar-refractivity contribution in [1.82, 2.24) is 10.2 Å². The first-order chi connectivity index (χ1) is 9.51. The van der Waals surface area contributed by atoms with E-state index in [1.807, 2.05) is 13.8 Å². The first-order valence-corrected chi connectivity index (χ1v) is 6.91. The number of carboxylic acids is 1. The third-order valence-corrected chi connectivity index (χ3v) is 3.19. The molecule has 1 atom stereocenters. The van der Waals surface area contributed by atoms with Crippen LogP contribution < -0.4 is 5.32 Å². The summed E-state index contributed by atoms with van der Waals surface area (Å²) in [7, 11) is 1.55. The normalized spacial score (nSPS) is 12.2. The zero-order valence-electron chi connectivity index (χ0n) is 12.5. The third kappa shape index (κ3) is 6.21. The predicted molar refractivity (Wildman–Crippen MR) is 74.6 cm³/mol. The molecule has 20 heavy (non-hydrogen) atoms. The van der Waals surface area contributed by atoms with Crippen LogP contribution in [-0.2, 0) is 9.53 Å². The van der Waals surface area contributed by atoms with Crippen LogP contribution in [0.5, 0.6) is 0 Å². The molecule has 0 saturated carbocycles. The van der Waals surface area contributed by atoms with Crippen LogP contribution >= 0.6 is 0 Å². The van der Waals surface area contributed by atoms with Crippen LogP contribution in [0.2, 0.25) is 0 Å². The minimum Gasteiger partial charge on any atom is -0.480 e. The van der Waals surface area contributed by atoms with Gasteiger partial charge in [-0.2, -0.15) is 0 Å². The lowest BCUT2D eigenvalue weighted by molar-refractivity contribution is -0.139. The number of carbonyl (C=O) groups excluding carboxylic acids is 1. The van der Waals surface area contributed by atoms with Crippen LogP contribution in [0.4, 0.5) is 4.79 Å². The fourth-order valence-corrected chi connectivity index (χ4v) is 1.99. The molecule has 0 aromatic carbocycles. The Balaban J connectivity index is 4.78. The van der Waals surface area contributed by atoms with Crippen molar-refractivity contribution < 1.29 is 24.5 Å². The molecule has 3 N–H and O–H groups in total. The van der Waals surface area contributed by atoms with Crippen LogP contribution in [0.25, 0.3) is 0 Å². The van der Waals surface area contributed by atoms with E-state index in [1.54, 1.807) is 12.0 Å². The van der Waals surface area contributed by atoms with Gasteiger partial charge in [0.05, 0.1) is 6.61 Å². The molecule has 0 radical (unpaired) electrons. The van der Waals surface area contributed by atoms with Crippen LogP contribution in [0.3, 0.4) is 0 Å². The van der Waals surface area contributed by atoms with Gasteiger partial charge in [0.25, 0.3) is 0 Å². The number of hydrogen-bond acceptors (Lipinski definition) is 4. The Hall–Kier alpha value is -1.34. The van der Waals surface area contributed by atoms with Gasteiger partial charge < -0.3 is 25.2 Å². The van der Waals surface area contributed by atoms with Gasteiger partial charge in [-0.15, -0.1) is 0 Å². The van der Waals surface area contributed by atoms with Gasteiger partial charge in [0.1, 0.15) is 6.04 Å². The largest absolute Gasteiger partial charge is 0.480 e. The molecule has 7 nitrogen and oxygen atoms in total. The summed E-state index contributed by atoms with van der Waals surface area (Å²) in [5, 5.41) is 20.3. The van der Waals surface area contributed by atoms with E-state index in [0.717, 1.165) is 12.8 Å². The lowest BCUT2D eigenvalue weighted by atomic mass is 10.1. The van der Waals surface area contributed by atoms with Gasteiger partial charge in [0, 0.05) is 32.7 Å². The summed E-state index contributed by atoms with van der Waals surface area (Å²) in [4.78, 5) is 24.8. The summed E-state index contributed by atoms with van der Waals surface area (Å²) in [6.45, 7) is 4.45. The van der Waals surface area contributed by atoms with Gasteiger partial charge in [0.15, 0.2) is 0 Å². The van der Waals surface area contributed by atoms with Crippen molar-refractivity contribution in [3.63, 3.8) is 0 Å². The Morgan fingerprint density at radius 1 is 1.30 bits per heavy atom. The minimum atomic E-state index is -1.15. The molecule has 0 aliphatic heterocycles. The molecule has 0 aromatic heterocycles. The van der Waals surface area contributed by atoms with E-state index in [-0.39, 0.29) is 19.1 Å². The monoisotopic (exact) mass is 290 g/mol. The Morgan fingerprint density at radius 2 is 1.90 bits per heavy atom. The van der Waals surface area contributed by atoms with E-state index < -0.39 is 18.0 Å². The molecule has 0 saturated heterocycles. The van der Waals surface area contributed by atoms with Crippen molar-refractivity contribution in [3.05, 3.63) is 0 Å². The molecule has 0 rings (SSSR count). The SMILES string of the molecule is CCC(CC)N(CCOC)C(=O)N[C@H](CCO)C(=O)O. The summed E-state index contributed by atoms with van der Waals surface area (Å²) in [6.07, 6.45) is 1.55. The topological polar surface area (TPSA) is 99.1 Å². The summed E-state index contributed by atoms with van der Waals surface area (Å²) in [5.41, 5.74) is 0. The van der Waals surface area contributed by atoms with Crippen molar-refractivity contribution in [2.45, 2.75) is 45.2 Å². The average molecular weight is 290 g/mol. The van der Waals surface area contributed by atoms with Gasteiger partial charge >= 0.3 is 12.0 Å². The number of nitrogens with zero attached hydrogens (tertiary/aromatic N) is 1. The van der Waals surface area contributed by atoms with Crippen molar-refractivity contribution in [3.8, 4) is 0 Å². The van der Waals surface area contributed by atoms with Crippen molar-refractivity contribution >= 4 is 12.0 Å². The van der Waals surface area contributed by atoms with E-state index in [9.17, 15) is 9.59 Å². The third-order valence-electron chi connectivity index (χ3n) is 3.19. The van der Waals surface area contributed by atoms with Gasteiger partial charge in [0.2, 0.25) is 0 Å². The number of methoxy groups -OCH3 is 1. The van der Waals surface area contributed by atoms with Crippen LogP contribution in [0.15, 0.2) is 0 Å². The number of hydrogen-bond donors (Lipinski definition) is 3. The van der Waals surface area contributed by atoms with E-state index >= 15 is 0 Å². The molecule has 0 bridgehead atoms. The second kappa shape index (κ2) is 10.4. The summed E-state index contributed by atoms with van der Waals surface area (Å²) in [6, 6.07) is -1.47. The Bertz CT molecular complexity index is 294. The predicted octanol–water partition coefficient (Wildman–Crippen LogP) is 0.669. The molecule has 118 valence electrons. The number of aliphatic carboxylic acids is 1. The van der Waals surface area contributed by atoms with E-state index in [4.69, 9.17) is 14.9 Å². The zero-order valence-corrected chi connectivity index (χ0v) is 12.5. The number of carboxylic acid groups (broad SMARTS) is 1. The second-order valence-corrected chi connectivity index (χ2v) is 4.51. The standard InChI is InChI=1S/C13H26N2O5/c1-4-10(5-2)15(7-9-20-3)13(19)14-11(6-8-16)12(17)18/h10-11,16H,4-9H2,1-3H3,(H,14,19)(H,17,18)/t11-/m1/s1. The van der Waals surface area contributed by atoms with Crippen molar-refractivity contribution in [1.29, 1.82) is 0 Å². The van der Waals surface area contributed by atoms with Crippen LogP contribution in [0, 0.1) is 0 Å². The summed E-state index contributed by atoms with van der Waals surface area (Å²) < 4.78 is 4.98. The molecule has 0 aromatic rings. The number of aliphatic hydroxyl groups excluding tert-OH is 1. The molecule has 0 fully saturated rings. The smallest absolute Gasteiger partial charge is 0.326 e. The van der Waals surface area contributed by atoms with Crippen LogP contribution in [0.1, 0.15) is 33.1 Å². The molecular weight excluding hydrogens is 264 g/mol. The van der Waals surface area contributed by atoms with E-state index in [2.05, 4.69) is 5.32 Å². The van der Waals surface area contributed by atoms with E-state index in [0.29, 0.717) is 13.2 Å². The average Bonchev–Trinajstić information content (AvgIpc) is 2.42. The quantitative estimate of drug-likeness (QED) is 0.549. The van der Waals surface area contributed by atoms with Gasteiger partial charge in [-0.1, -0.05) is 13.8 Å². The number of carbonyl (C=O) groups is 2. The Morgan fingerprint density at radius 3 is 2.30 bits per heavy atom. The highest BCUT2D eigenvalue weighted by Crippen LogP contribution is 2.09. The number of urea groups is 1. The number of aliphatic hydroxyl groups is 1. The highest BCUT2D eigenvalue weighted by molar-refractivity contribution is 5.82. The molecule has 0 aliphatic rings. The zero-order chi connectivity index (χ0) is 15.5. The molecule has 2 amide bonds. The Labute approximate surface area is 119 Å². The minimum absolute atomic E-state index is 0.0118. The van der Waals surface area contributed by atoms with E-state index in [1.165, 1.54) is 0 Å². The van der Waals surface area contributed by atoms with Gasteiger partial charge in [-0.25, -0.2) is 9.59 Å². The molecule has 7 heteroatoms. The molecule has 0 spiro atoms. The first kappa shape index (κ1) is 18.7. The molecule has 0 heterocycles. The van der Waals surface area contributed by atoms with Crippen LogP contribution in [-0.4, -0.2) is 66.1 Å². The van der Waals surface area contributed by atoms with Crippen molar-refractivity contribution in [2.75, 3.05) is 26.9 Å². The molecular formula is C13H26N2O5. The maximum absolute atomic E-state index is 12.2. The molecule has 0 unspecified atom stereocenters. The highest BCUT2D eigenvalue weighted by atomic mass is 16.5. The van der Waals surface area contributed by atoms with Crippen molar-refractivity contribution in [2.24, 2.45) is 0 Å². The summed E-state index contributed by atoms with van der Waals surface area (Å²) in [5.74, 6) is -1.15. The van der Waals surface area contributed by atoms with Gasteiger partial charge in [-0.3, -0.25) is 0 Å². The maximum Gasteiger partial charge on any atom is 0.326 e. The van der Waals surface area contributed by atoms with Gasteiger partial charge in [-0.05, 0) is 12.8 Å². The Kier molecular flexibility index (Phi) is 9.75. The number of rotatable bonds is 10. The summed E-state index contributed by atoms with van der Waals surface area (Å²) >= 11 is 0. The number of amides is 2. The molecule has 0 aliphatic carbocycles. The fraction of sp³-hybridized carbons (Fsp3) is 0.846.